The van der Waals surface area contributed by atoms with E-state index < -0.39 is 5.97 Å². The first kappa shape index (κ1) is 17.7. The molecule has 126 valence electrons. The number of aryl methyl sites for hydroxylation is 1. The molecule has 5 nitrogen and oxygen atoms in total. The Bertz CT molecular complexity index is 574. The maximum absolute atomic E-state index is 13.7. The third kappa shape index (κ3) is 5.20. The molecule has 0 unspecified atom stereocenters. The maximum Gasteiger partial charge on any atom is 0.317 e. The lowest BCUT2D eigenvalue weighted by Crippen LogP contribution is -2.45. The van der Waals surface area contributed by atoms with Crippen molar-refractivity contribution in [1.29, 1.82) is 0 Å². The molecule has 0 spiro atoms. The number of carbonyl (C=O) groups excluding carboxylic acids is 1. The molecule has 7 heteroatoms. The van der Waals surface area contributed by atoms with Gasteiger partial charge in [0.2, 0.25) is 0 Å². The van der Waals surface area contributed by atoms with Gasteiger partial charge in [-0.1, -0.05) is 22.0 Å². The van der Waals surface area contributed by atoms with Gasteiger partial charge in [-0.3, -0.25) is 4.79 Å². The number of carboxylic acid groups (broad SMARTS) is 1. The van der Waals surface area contributed by atoms with Gasteiger partial charge in [0.05, 0.1) is 5.92 Å². The van der Waals surface area contributed by atoms with Crippen molar-refractivity contribution in [2.75, 3.05) is 19.6 Å². The third-order valence-corrected chi connectivity index (χ3v) is 4.54. The second-order valence-corrected chi connectivity index (χ2v) is 6.59. The lowest BCUT2D eigenvalue weighted by atomic mass is 9.97. The van der Waals surface area contributed by atoms with E-state index in [4.69, 9.17) is 5.11 Å². The van der Waals surface area contributed by atoms with Crippen LogP contribution in [0.25, 0.3) is 0 Å². The van der Waals surface area contributed by atoms with Crippen LogP contribution in [0.3, 0.4) is 0 Å². The van der Waals surface area contributed by atoms with E-state index in [9.17, 15) is 14.0 Å². The second kappa shape index (κ2) is 8.29. The zero-order valence-electron chi connectivity index (χ0n) is 12.7. The predicted molar refractivity (Wildman–Crippen MR) is 87.8 cm³/mol. The fraction of sp³-hybridized carbons (Fsp3) is 0.500. The highest BCUT2D eigenvalue weighted by molar-refractivity contribution is 9.10. The van der Waals surface area contributed by atoms with Crippen LogP contribution in [0.4, 0.5) is 9.18 Å². The number of carboxylic acids is 1. The summed E-state index contributed by atoms with van der Waals surface area (Å²) in [5.74, 6) is -1.39. The summed E-state index contributed by atoms with van der Waals surface area (Å²) in [6, 6.07) is 4.78. The summed E-state index contributed by atoms with van der Waals surface area (Å²) in [6.45, 7) is 1.39. The van der Waals surface area contributed by atoms with E-state index in [0.717, 1.165) is 0 Å². The van der Waals surface area contributed by atoms with Crippen LogP contribution < -0.4 is 5.32 Å². The van der Waals surface area contributed by atoms with Crippen LogP contribution in [0.1, 0.15) is 24.8 Å². The minimum absolute atomic E-state index is 0.176. The van der Waals surface area contributed by atoms with E-state index in [0.29, 0.717) is 55.4 Å². The molecule has 0 radical (unpaired) electrons. The third-order valence-electron chi connectivity index (χ3n) is 4.05. The molecule has 1 fully saturated rings. The molecule has 2 rings (SSSR count). The summed E-state index contributed by atoms with van der Waals surface area (Å²) in [4.78, 5) is 24.5. The van der Waals surface area contributed by atoms with Crippen molar-refractivity contribution in [3.63, 3.8) is 0 Å². The van der Waals surface area contributed by atoms with Crippen LogP contribution in [0, 0.1) is 11.7 Å². The number of amides is 2. The number of urea groups is 1. The topological polar surface area (TPSA) is 69.6 Å². The Kier molecular flexibility index (Phi) is 6.38. The van der Waals surface area contributed by atoms with E-state index in [-0.39, 0.29) is 17.8 Å². The summed E-state index contributed by atoms with van der Waals surface area (Å²) in [5, 5.41) is 11.7. The van der Waals surface area contributed by atoms with Crippen LogP contribution >= 0.6 is 15.9 Å². The van der Waals surface area contributed by atoms with Gasteiger partial charge in [-0.05, 0) is 43.4 Å². The minimum Gasteiger partial charge on any atom is -0.481 e. The minimum atomic E-state index is -0.790. The Morgan fingerprint density at radius 3 is 2.65 bits per heavy atom. The fourth-order valence-electron chi connectivity index (χ4n) is 2.64. The highest BCUT2D eigenvalue weighted by atomic mass is 79.9. The molecule has 1 aliphatic rings. The number of aliphatic carboxylic acids is 1. The highest BCUT2D eigenvalue weighted by Crippen LogP contribution is 2.18. The number of piperidine rings is 1. The molecule has 1 aromatic carbocycles. The average molecular weight is 387 g/mol. The predicted octanol–water partition coefficient (Wildman–Crippen LogP) is 3.03. The fourth-order valence-corrected chi connectivity index (χ4v) is 2.97. The molecule has 0 bridgehead atoms. The van der Waals surface area contributed by atoms with Gasteiger partial charge < -0.3 is 15.3 Å². The smallest absolute Gasteiger partial charge is 0.317 e. The number of rotatable bonds is 5. The molecule has 23 heavy (non-hydrogen) atoms. The Hall–Kier alpha value is -1.63. The van der Waals surface area contributed by atoms with E-state index in [1.54, 1.807) is 17.0 Å². The van der Waals surface area contributed by atoms with E-state index >= 15 is 0 Å². The van der Waals surface area contributed by atoms with Crippen molar-refractivity contribution in [2.45, 2.75) is 25.7 Å². The van der Waals surface area contributed by atoms with Gasteiger partial charge in [0, 0.05) is 24.1 Å². The Balaban J connectivity index is 1.68. The Labute approximate surface area is 143 Å². The second-order valence-electron chi connectivity index (χ2n) is 5.67. The zero-order chi connectivity index (χ0) is 16.8. The molecule has 0 saturated carbocycles. The van der Waals surface area contributed by atoms with Crippen LogP contribution in [-0.4, -0.2) is 41.6 Å². The van der Waals surface area contributed by atoms with Crippen molar-refractivity contribution in [3.05, 3.63) is 34.1 Å². The number of nitrogens with one attached hydrogen (secondary N) is 1. The van der Waals surface area contributed by atoms with Gasteiger partial charge >= 0.3 is 12.0 Å². The lowest BCUT2D eigenvalue weighted by Gasteiger charge is -2.30. The summed E-state index contributed by atoms with van der Waals surface area (Å²) in [5.41, 5.74) is 0.629. The number of likely N-dealkylation sites (tertiary alicyclic amines) is 1. The quantitative estimate of drug-likeness (QED) is 0.764. The van der Waals surface area contributed by atoms with Gasteiger partial charge in [-0.15, -0.1) is 0 Å². The number of nitrogens with zero attached hydrogens (tertiary/aromatic N) is 1. The first-order chi connectivity index (χ1) is 11.0. The molecule has 0 aliphatic carbocycles. The number of hydrogen-bond donors (Lipinski definition) is 2. The average Bonchev–Trinajstić information content (AvgIpc) is 2.53. The standard InChI is InChI=1S/C16H20BrFN2O3/c17-13-4-3-11(14(18)10-13)2-1-7-19-16(23)20-8-5-12(6-9-20)15(21)22/h3-4,10,12H,1-2,5-9H2,(H,19,23)(H,21,22). The van der Waals surface area contributed by atoms with Gasteiger partial charge in [0.25, 0.3) is 0 Å². The maximum atomic E-state index is 13.7. The number of benzene rings is 1. The van der Waals surface area contributed by atoms with Gasteiger partial charge in [-0.25, -0.2) is 9.18 Å². The first-order valence-corrected chi connectivity index (χ1v) is 8.46. The summed E-state index contributed by atoms with van der Waals surface area (Å²) < 4.78 is 14.4. The van der Waals surface area contributed by atoms with Crippen molar-refractivity contribution in [1.82, 2.24) is 10.2 Å². The van der Waals surface area contributed by atoms with Gasteiger partial charge in [0.1, 0.15) is 5.82 Å². The molecule has 1 aromatic rings. The largest absolute Gasteiger partial charge is 0.481 e. The van der Waals surface area contributed by atoms with Gasteiger partial charge in [-0.2, -0.15) is 0 Å². The van der Waals surface area contributed by atoms with Crippen LogP contribution in [0.2, 0.25) is 0 Å². The zero-order valence-corrected chi connectivity index (χ0v) is 14.3. The molecule has 1 saturated heterocycles. The molecule has 0 atom stereocenters. The monoisotopic (exact) mass is 386 g/mol. The molecule has 1 heterocycles. The van der Waals surface area contributed by atoms with Crippen molar-refractivity contribution in [3.8, 4) is 0 Å². The summed E-state index contributed by atoms with van der Waals surface area (Å²) in [7, 11) is 0. The SMILES string of the molecule is O=C(O)C1CCN(C(=O)NCCCc2ccc(Br)cc2F)CC1. The highest BCUT2D eigenvalue weighted by Gasteiger charge is 2.26. The van der Waals surface area contributed by atoms with Crippen molar-refractivity contribution >= 4 is 27.9 Å². The number of carbonyl (C=O) groups is 2. The van der Waals surface area contributed by atoms with E-state index in [2.05, 4.69) is 21.2 Å². The molecular formula is C16H20BrFN2O3. The molecule has 0 aromatic heterocycles. The summed E-state index contributed by atoms with van der Waals surface area (Å²) >= 11 is 3.22. The molecule has 2 N–H and O–H groups in total. The Morgan fingerprint density at radius 1 is 1.35 bits per heavy atom. The van der Waals surface area contributed by atoms with Gasteiger partial charge in [0.15, 0.2) is 0 Å². The van der Waals surface area contributed by atoms with Crippen molar-refractivity contribution < 1.29 is 19.1 Å². The number of hydrogen-bond acceptors (Lipinski definition) is 2. The van der Waals surface area contributed by atoms with E-state index in [1.807, 2.05) is 0 Å². The van der Waals surface area contributed by atoms with Crippen molar-refractivity contribution in [2.24, 2.45) is 5.92 Å². The Morgan fingerprint density at radius 2 is 2.04 bits per heavy atom. The molecule has 2 amide bonds. The molecule has 1 aliphatic heterocycles. The molecular weight excluding hydrogens is 367 g/mol. The van der Waals surface area contributed by atoms with Crippen LogP contribution in [0.5, 0.6) is 0 Å². The summed E-state index contributed by atoms with van der Waals surface area (Å²) in [6.07, 6.45) is 2.19. The lowest BCUT2D eigenvalue weighted by molar-refractivity contribution is -0.143. The van der Waals surface area contributed by atoms with Crippen LogP contribution in [-0.2, 0) is 11.2 Å². The normalized spacial score (nSPS) is 15.5. The van der Waals surface area contributed by atoms with Crippen LogP contribution in [0.15, 0.2) is 22.7 Å². The van der Waals surface area contributed by atoms with E-state index in [1.165, 1.54) is 6.07 Å². The first-order valence-electron chi connectivity index (χ1n) is 7.67. The number of halogens is 2.